The minimum absolute atomic E-state index is 0.375. The third-order valence-electron chi connectivity index (χ3n) is 2.97. The lowest BCUT2D eigenvalue weighted by Gasteiger charge is -2.25. The minimum atomic E-state index is -0.375. The standard InChI is InChI=1S/C14H16BrNOS/c1-14(16,9-13-12(15)7-8-18-13)10-3-5-11(17-2)6-4-10/h3-8H,9,16H2,1-2H3. The maximum atomic E-state index is 6.43. The van der Waals surface area contributed by atoms with E-state index in [2.05, 4.69) is 34.3 Å². The smallest absolute Gasteiger partial charge is 0.118 e. The normalized spacial score (nSPS) is 14.2. The van der Waals surface area contributed by atoms with Crippen molar-refractivity contribution in [1.29, 1.82) is 0 Å². The fraction of sp³-hybridized carbons (Fsp3) is 0.286. The first kappa shape index (κ1) is 13.6. The molecule has 1 heterocycles. The fourth-order valence-corrected chi connectivity index (χ4v) is 3.52. The predicted molar refractivity (Wildman–Crippen MR) is 80.3 cm³/mol. The number of rotatable bonds is 4. The first-order valence-electron chi connectivity index (χ1n) is 5.68. The molecule has 0 bridgehead atoms. The summed E-state index contributed by atoms with van der Waals surface area (Å²) >= 11 is 5.28. The summed E-state index contributed by atoms with van der Waals surface area (Å²) in [5, 5.41) is 2.07. The van der Waals surface area contributed by atoms with Crippen LogP contribution in [0.1, 0.15) is 17.4 Å². The van der Waals surface area contributed by atoms with Crippen molar-refractivity contribution in [2.45, 2.75) is 18.9 Å². The molecule has 0 saturated heterocycles. The first-order valence-corrected chi connectivity index (χ1v) is 7.35. The van der Waals surface area contributed by atoms with Crippen LogP contribution in [0.3, 0.4) is 0 Å². The highest BCUT2D eigenvalue weighted by Crippen LogP contribution is 2.31. The van der Waals surface area contributed by atoms with Crippen LogP contribution in [0, 0.1) is 0 Å². The average molecular weight is 326 g/mol. The Morgan fingerprint density at radius 1 is 1.28 bits per heavy atom. The van der Waals surface area contributed by atoms with Gasteiger partial charge < -0.3 is 10.5 Å². The molecule has 1 aromatic heterocycles. The zero-order chi connectivity index (χ0) is 13.2. The predicted octanol–water partition coefficient (Wildman–Crippen LogP) is 3.94. The largest absolute Gasteiger partial charge is 0.497 e. The Kier molecular flexibility index (Phi) is 4.10. The summed E-state index contributed by atoms with van der Waals surface area (Å²) in [6.45, 7) is 2.06. The van der Waals surface area contributed by atoms with Crippen molar-refractivity contribution in [3.63, 3.8) is 0 Å². The molecule has 0 aliphatic heterocycles. The minimum Gasteiger partial charge on any atom is -0.497 e. The quantitative estimate of drug-likeness (QED) is 0.924. The van der Waals surface area contributed by atoms with Crippen LogP contribution >= 0.6 is 27.3 Å². The Balaban J connectivity index is 2.21. The second-order valence-corrected chi connectivity index (χ2v) is 6.37. The van der Waals surface area contributed by atoms with E-state index in [1.54, 1.807) is 18.4 Å². The van der Waals surface area contributed by atoms with Crippen molar-refractivity contribution >= 4 is 27.3 Å². The van der Waals surface area contributed by atoms with Crippen LogP contribution in [0.15, 0.2) is 40.2 Å². The lowest BCUT2D eigenvalue weighted by Crippen LogP contribution is -2.35. The third-order valence-corrected chi connectivity index (χ3v) is 4.89. The van der Waals surface area contributed by atoms with Gasteiger partial charge in [0.15, 0.2) is 0 Å². The molecule has 0 fully saturated rings. The summed E-state index contributed by atoms with van der Waals surface area (Å²) in [6.07, 6.45) is 0.817. The molecule has 2 aromatic rings. The summed E-state index contributed by atoms with van der Waals surface area (Å²) in [6, 6.07) is 10.0. The summed E-state index contributed by atoms with van der Waals surface area (Å²) < 4.78 is 6.30. The van der Waals surface area contributed by atoms with E-state index in [0.29, 0.717) is 0 Å². The van der Waals surface area contributed by atoms with Crippen LogP contribution in [-0.4, -0.2) is 7.11 Å². The highest BCUT2D eigenvalue weighted by molar-refractivity contribution is 9.10. The Labute approximate surface area is 120 Å². The summed E-state index contributed by atoms with van der Waals surface area (Å²) in [5.74, 6) is 0.854. The van der Waals surface area contributed by atoms with E-state index in [0.717, 1.165) is 22.2 Å². The number of thiophene rings is 1. The van der Waals surface area contributed by atoms with Gasteiger partial charge in [-0.2, -0.15) is 0 Å². The number of nitrogens with two attached hydrogens (primary N) is 1. The summed E-state index contributed by atoms with van der Waals surface area (Å²) in [4.78, 5) is 1.27. The van der Waals surface area contributed by atoms with Gasteiger partial charge in [0.05, 0.1) is 7.11 Å². The van der Waals surface area contributed by atoms with E-state index < -0.39 is 0 Å². The molecule has 2 nitrogen and oxygen atoms in total. The zero-order valence-corrected chi connectivity index (χ0v) is 12.8. The molecule has 0 amide bonds. The van der Waals surface area contributed by atoms with Crippen molar-refractivity contribution in [3.05, 3.63) is 50.6 Å². The maximum absolute atomic E-state index is 6.43. The number of ether oxygens (including phenoxy) is 1. The molecule has 0 aliphatic carbocycles. The van der Waals surface area contributed by atoms with Gasteiger partial charge in [0.2, 0.25) is 0 Å². The summed E-state index contributed by atoms with van der Waals surface area (Å²) in [7, 11) is 1.67. The van der Waals surface area contributed by atoms with Gasteiger partial charge in [-0.15, -0.1) is 11.3 Å². The molecule has 1 atom stereocenters. The van der Waals surface area contributed by atoms with Crippen molar-refractivity contribution in [1.82, 2.24) is 0 Å². The van der Waals surface area contributed by atoms with Gasteiger partial charge in [-0.25, -0.2) is 0 Å². The van der Waals surface area contributed by atoms with Crippen LogP contribution in [0.4, 0.5) is 0 Å². The molecule has 0 saturated carbocycles. The number of methoxy groups -OCH3 is 1. The third kappa shape index (κ3) is 2.94. The van der Waals surface area contributed by atoms with E-state index >= 15 is 0 Å². The van der Waals surface area contributed by atoms with Crippen molar-refractivity contribution in [3.8, 4) is 5.75 Å². The van der Waals surface area contributed by atoms with Crippen LogP contribution < -0.4 is 10.5 Å². The molecule has 0 aliphatic rings. The van der Waals surface area contributed by atoms with Gasteiger partial charge in [-0.1, -0.05) is 12.1 Å². The SMILES string of the molecule is COc1ccc(C(C)(N)Cc2sccc2Br)cc1. The molecule has 4 heteroatoms. The average Bonchev–Trinajstić information content (AvgIpc) is 2.74. The zero-order valence-electron chi connectivity index (χ0n) is 10.4. The lowest BCUT2D eigenvalue weighted by atomic mass is 9.89. The molecule has 1 unspecified atom stereocenters. The van der Waals surface area contributed by atoms with Gasteiger partial charge in [-0.3, -0.25) is 0 Å². The van der Waals surface area contributed by atoms with Gasteiger partial charge in [0.1, 0.15) is 5.75 Å². The lowest BCUT2D eigenvalue weighted by molar-refractivity contribution is 0.413. The van der Waals surface area contributed by atoms with Crippen molar-refractivity contribution in [2.75, 3.05) is 7.11 Å². The second-order valence-electron chi connectivity index (χ2n) is 4.51. The van der Waals surface area contributed by atoms with Gasteiger partial charge in [0.25, 0.3) is 0 Å². The van der Waals surface area contributed by atoms with E-state index in [9.17, 15) is 0 Å². The summed E-state index contributed by atoms with van der Waals surface area (Å²) in [5.41, 5.74) is 7.17. The van der Waals surface area contributed by atoms with E-state index in [1.165, 1.54) is 4.88 Å². The Hall–Kier alpha value is -0.840. The molecule has 96 valence electrons. The molecule has 18 heavy (non-hydrogen) atoms. The Bertz CT molecular complexity index is 519. The second kappa shape index (κ2) is 5.43. The van der Waals surface area contributed by atoms with E-state index in [4.69, 9.17) is 10.5 Å². The molecular formula is C14H16BrNOS. The van der Waals surface area contributed by atoms with Gasteiger partial charge >= 0.3 is 0 Å². The fourth-order valence-electron chi connectivity index (χ4n) is 1.86. The highest BCUT2D eigenvalue weighted by Gasteiger charge is 2.23. The van der Waals surface area contributed by atoms with Crippen molar-refractivity contribution in [2.24, 2.45) is 5.73 Å². The molecule has 1 aromatic carbocycles. The molecule has 0 radical (unpaired) electrons. The number of hydrogen-bond acceptors (Lipinski definition) is 3. The van der Waals surface area contributed by atoms with Gasteiger partial charge in [0, 0.05) is 21.3 Å². The molecular weight excluding hydrogens is 310 g/mol. The van der Waals surface area contributed by atoms with Crippen LogP contribution in [0.2, 0.25) is 0 Å². The van der Waals surface area contributed by atoms with Crippen LogP contribution in [-0.2, 0) is 12.0 Å². The molecule has 2 rings (SSSR count). The van der Waals surface area contributed by atoms with E-state index in [-0.39, 0.29) is 5.54 Å². The topological polar surface area (TPSA) is 35.2 Å². The Morgan fingerprint density at radius 2 is 1.94 bits per heavy atom. The monoisotopic (exact) mass is 325 g/mol. The number of halogens is 1. The molecule has 2 N–H and O–H groups in total. The number of benzene rings is 1. The molecule has 0 spiro atoms. The van der Waals surface area contributed by atoms with Crippen molar-refractivity contribution < 1.29 is 4.74 Å². The Morgan fingerprint density at radius 3 is 2.44 bits per heavy atom. The van der Waals surface area contributed by atoms with Gasteiger partial charge in [-0.05, 0) is 52.0 Å². The van der Waals surface area contributed by atoms with Crippen LogP contribution in [0.5, 0.6) is 5.75 Å². The number of hydrogen-bond donors (Lipinski definition) is 1. The van der Waals surface area contributed by atoms with Crippen LogP contribution in [0.25, 0.3) is 0 Å². The maximum Gasteiger partial charge on any atom is 0.118 e. The highest BCUT2D eigenvalue weighted by atomic mass is 79.9. The first-order chi connectivity index (χ1) is 8.53. The van der Waals surface area contributed by atoms with E-state index in [1.807, 2.05) is 24.3 Å².